The van der Waals surface area contributed by atoms with Crippen LogP contribution < -0.4 is 21.4 Å². The van der Waals surface area contributed by atoms with Gasteiger partial charge in [-0.2, -0.15) is 0 Å². The van der Waals surface area contributed by atoms with Crippen molar-refractivity contribution in [2.75, 3.05) is 32.0 Å². The third kappa shape index (κ3) is 5.88. The molecule has 0 aromatic heterocycles. The first kappa shape index (κ1) is 22.8. The van der Waals surface area contributed by atoms with Crippen LogP contribution in [-0.4, -0.2) is 72.6 Å². The van der Waals surface area contributed by atoms with Gasteiger partial charge in [-0.05, 0) is 50.2 Å². The summed E-state index contributed by atoms with van der Waals surface area (Å²) in [7, 11) is 0. The number of alkyl carbamates (subject to hydrolysis) is 1. The van der Waals surface area contributed by atoms with Gasteiger partial charge in [0, 0.05) is 19.6 Å². The van der Waals surface area contributed by atoms with Crippen molar-refractivity contribution in [2.24, 2.45) is 17.8 Å². The summed E-state index contributed by atoms with van der Waals surface area (Å²) < 4.78 is 18.4. The fourth-order valence-electron chi connectivity index (χ4n) is 4.74. The van der Waals surface area contributed by atoms with Crippen molar-refractivity contribution >= 4 is 29.7 Å². The lowest BCUT2D eigenvalue weighted by molar-refractivity contribution is -0.128. The van der Waals surface area contributed by atoms with E-state index >= 15 is 0 Å². The van der Waals surface area contributed by atoms with E-state index in [0.29, 0.717) is 45.2 Å². The smallest absolute Gasteiger partial charge is 0.413 e. The lowest BCUT2D eigenvalue weighted by atomic mass is 9.89. The summed E-state index contributed by atoms with van der Waals surface area (Å²) in [4.78, 5) is 37.4. The number of imide groups is 1. The predicted octanol–water partition coefficient (Wildman–Crippen LogP) is 0.719. The third-order valence-corrected chi connectivity index (χ3v) is 7.94. The molecule has 4 atom stereocenters. The van der Waals surface area contributed by atoms with E-state index < -0.39 is 24.1 Å². The van der Waals surface area contributed by atoms with Crippen LogP contribution in [0.1, 0.15) is 38.5 Å². The van der Waals surface area contributed by atoms with E-state index in [2.05, 4.69) is 26.4 Å². The SMILES string of the molecule is O=C(NC(=O)C1CCSC1NC(=O)C1CNC2CCNN2C1)OCC1CCC(F)CC1. The van der Waals surface area contributed by atoms with Crippen molar-refractivity contribution in [1.29, 1.82) is 0 Å². The molecule has 11 heteroatoms. The highest BCUT2D eigenvalue weighted by Gasteiger charge is 2.39. The molecule has 4 aliphatic rings. The first-order chi connectivity index (χ1) is 15.0. The van der Waals surface area contributed by atoms with Gasteiger partial charge in [-0.3, -0.25) is 25.6 Å². The number of carbonyl (C=O) groups is 3. The molecule has 3 amide bonds. The number of alkyl halides is 1. The summed E-state index contributed by atoms with van der Waals surface area (Å²) in [6.07, 6.45) is 2.75. The Labute approximate surface area is 185 Å². The number of amides is 3. The molecule has 3 aliphatic heterocycles. The summed E-state index contributed by atoms with van der Waals surface area (Å²) in [5.74, 6) is -0.285. The minimum absolute atomic E-state index is 0.0807. The second-order valence-corrected chi connectivity index (χ2v) is 10.1. The number of fused-ring (bicyclic) bond motifs is 1. The zero-order chi connectivity index (χ0) is 21.8. The van der Waals surface area contributed by atoms with Crippen LogP contribution in [0.3, 0.4) is 0 Å². The van der Waals surface area contributed by atoms with Crippen molar-refractivity contribution in [3.8, 4) is 0 Å². The van der Waals surface area contributed by atoms with Gasteiger partial charge in [0.15, 0.2) is 0 Å². The van der Waals surface area contributed by atoms with Gasteiger partial charge in [-0.1, -0.05) is 0 Å². The van der Waals surface area contributed by atoms with Crippen molar-refractivity contribution in [3.63, 3.8) is 0 Å². The number of hydrogen-bond donors (Lipinski definition) is 4. The highest BCUT2D eigenvalue weighted by atomic mass is 32.2. The number of rotatable bonds is 5. The Morgan fingerprint density at radius 3 is 2.71 bits per heavy atom. The Balaban J connectivity index is 1.20. The fourth-order valence-corrected chi connectivity index (χ4v) is 6.08. The van der Waals surface area contributed by atoms with E-state index in [0.717, 1.165) is 18.7 Å². The minimum atomic E-state index is -0.767. The molecule has 1 saturated carbocycles. The number of nitrogens with one attached hydrogen (secondary N) is 4. The molecule has 31 heavy (non-hydrogen) atoms. The van der Waals surface area contributed by atoms with Gasteiger partial charge < -0.3 is 10.1 Å². The molecule has 1 aliphatic carbocycles. The van der Waals surface area contributed by atoms with Crippen molar-refractivity contribution in [2.45, 2.75) is 56.2 Å². The summed E-state index contributed by atoms with van der Waals surface area (Å²) in [6.45, 7) is 2.35. The Bertz CT molecular complexity index is 678. The molecule has 0 aromatic carbocycles. The fraction of sp³-hybridized carbons (Fsp3) is 0.850. The number of nitrogens with zero attached hydrogens (tertiary/aromatic N) is 1. The molecule has 0 spiro atoms. The van der Waals surface area contributed by atoms with E-state index in [1.54, 1.807) is 0 Å². The number of hydrazine groups is 1. The van der Waals surface area contributed by atoms with Gasteiger partial charge in [0.2, 0.25) is 11.8 Å². The molecular formula is C20H32FN5O4S. The molecule has 0 bridgehead atoms. The third-order valence-electron chi connectivity index (χ3n) is 6.66. The number of carbonyl (C=O) groups excluding carboxylic acids is 3. The summed E-state index contributed by atoms with van der Waals surface area (Å²) in [5, 5.41) is 10.4. The number of ether oxygens (including phenoxy) is 1. The van der Waals surface area contributed by atoms with E-state index in [9.17, 15) is 18.8 Å². The second kappa shape index (κ2) is 10.5. The van der Waals surface area contributed by atoms with Gasteiger partial charge in [0.05, 0.1) is 30.0 Å². The molecule has 4 rings (SSSR count). The van der Waals surface area contributed by atoms with Crippen LogP contribution in [-0.2, 0) is 14.3 Å². The largest absolute Gasteiger partial charge is 0.449 e. The zero-order valence-corrected chi connectivity index (χ0v) is 18.4. The maximum absolute atomic E-state index is 13.2. The minimum Gasteiger partial charge on any atom is -0.449 e. The summed E-state index contributed by atoms with van der Waals surface area (Å²) in [6, 6.07) is 0. The summed E-state index contributed by atoms with van der Waals surface area (Å²) in [5.41, 5.74) is 3.27. The molecule has 0 radical (unpaired) electrons. The Morgan fingerprint density at radius 1 is 1.10 bits per heavy atom. The van der Waals surface area contributed by atoms with E-state index in [1.807, 2.05) is 0 Å². The van der Waals surface area contributed by atoms with E-state index in [1.165, 1.54) is 11.8 Å². The van der Waals surface area contributed by atoms with Crippen molar-refractivity contribution in [1.82, 2.24) is 26.4 Å². The number of hydrogen-bond acceptors (Lipinski definition) is 8. The van der Waals surface area contributed by atoms with Crippen LogP contribution >= 0.6 is 11.8 Å². The summed E-state index contributed by atoms with van der Waals surface area (Å²) >= 11 is 1.52. The first-order valence-corrected chi connectivity index (χ1v) is 12.3. The average molecular weight is 458 g/mol. The van der Waals surface area contributed by atoms with Crippen LogP contribution in [0.15, 0.2) is 0 Å². The lowest BCUT2D eigenvalue weighted by Gasteiger charge is -2.35. The van der Waals surface area contributed by atoms with Crippen LogP contribution in [0, 0.1) is 17.8 Å². The molecule has 3 saturated heterocycles. The van der Waals surface area contributed by atoms with Crippen molar-refractivity contribution < 1.29 is 23.5 Å². The molecule has 4 unspecified atom stereocenters. The van der Waals surface area contributed by atoms with E-state index in [4.69, 9.17) is 4.74 Å². The molecule has 3 heterocycles. The lowest BCUT2D eigenvalue weighted by Crippen LogP contribution is -2.59. The Morgan fingerprint density at radius 2 is 1.90 bits per heavy atom. The van der Waals surface area contributed by atoms with E-state index in [-0.39, 0.29) is 35.9 Å². The molecule has 4 N–H and O–H groups in total. The maximum Gasteiger partial charge on any atom is 0.413 e. The van der Waals surface area contributed by atoms with Crippen LogP contribution in [0.25, 0.3) is 0 Å². The predicted molar refractivity (Wildman–Crippen MR) is 113 cm³/mol. The highest BCUT2D eigenvalue weighted by molar-refractivity contribution is 8.00. The second-order valence-electron chi connectivity index (χ2n) is 8.87. The highest BCUT2D eigenvalue weighted by Crippen LogP contribution is 2.31. The molecule has 9 nitrogen and oxygen atoms in total. The number of halogens is 1. The van der Waals surface area contributed by atoms with Gasteiger partial charge >= 0.3 is 6.09 Å². The maximum atomic E-state index is 13.2. The first-order valence-electron chi connectivity index (χ1n) is 11.3. The van der Waals surface area contributed by atoms with Gasteiger partial charge in [0.25, 0.3) is 0 Å². The molecule has 0 aromatic rings. The quantitative estimate of drug-likeness (QED) is 0.478. The van der Waals surface area contributed by atoms with Crippen LogP contribution in [0.5, 0.6) is 0 Å². The Kier molecular flexibility index (Phi) is 7.68. The van der Waals surface area contributed by atoms with Crippen molar-refractivity contribution in [3.05, 3.63) is 0 Å². The van der Waals surface area contributed by atoms with Crippen LogP contribution in [0.2, 0.25) is 0 Å². The van der Waals surface area contributed by atoms with Gasteiger partial charge in [-0.15, -0.1) is 11.8 Å². The average Bonchev–Trinajstić information content (AvgIpc) is 3.42. The van der Waals surface area contributed by atoms with Crippen LogP contribution in [0.4, 0.5) is 9.18 Å². The molecular weight excluding hydrogens is 425 g/mol. The van der Waals surface area contributed by atoms with Gasteiger partial charge in [-0.25, -0.2) is 14.2 Å². The monoisotopic (exact) mass is 457 g/mol. The standard InChI is InChI=1S/C20H32FN5O4S/c21-14-3-1-12(2-4-14)11-30-20(29)25-18(28)15-6-8-31-19(15)24-17(27)13-9-22-16-5-7-23-26(16)10-13/h12-16,19,22-23H,1-11H2,(H,24,27)(H,25,28,29). The normalized spacial score (nSPS) is 35.9. The van der Waals surface area contributed by atoms with Gasteiger partial charge in [0.1, 0.15) is 6.17 Å². The number of thioether (sulfide) groups is 1. The topological polar surface area (TPSA) is 112 Å². The molecule has 174 valence electrons. The Hall–Kier alpha value is -1.43. The zero-order valence-electron chi connectivity index (χ0n) is 17.6. The molecule has 4 fully saturated rings.